The highest BCUT2D eigenvalue weighted by Crippen LogP contribution is 2.62. The Kier molecular flexibility index (Phi) is 22.9. The largest absolute Gasteiger partial charge is 0.459 e. The summed E-state index contributed by atoms with van der Waals surface area (Å²) in [5.41, 5.74) is 3.69. The molecule has 6 atom stereocenters. The second-order valence-electron chi connectivity index (χ2n) is 20.3. The van der Waals surface area contributed by atoms with Gasteiger partial charge >= 0.3 is 6.09 Å². The zero-order valence-electron chi connectivity index (χ0n) is 42.4. The Morgan fingerprint density at radius 1 is 0.870 bits per heavy atom. The topological polar surface area (TPSA) is 139 Å². The van der Waals surface area contributed by atoms with Crippen LogP contribution < -0.4 is 14.8 Å². The highest BCUT2D eigenvalue weighted by Gasteiger charge is 2.65. The van der Waals surface area contributed by atoms with Crippen molar-refractivity contribution in [2.24, 2.45) is 28.8 Å². The van der Waals surface area contributed by atoms with Crippen LogP contribution in [0.4, 0.5) is 4.79 Å². The zero-order valence-corrected chi connectivity index (χ0v) is 42.4. The number of aliphatic hydroxyl groups is 2. The summed E-state index contributed by atoms with van der Waals surface area (Å²) >= 11 is 0. The lowest BCUT2D eigenvalue weighted by Gasteiger charge is -2.60. The molecule has 2 saturated carbocycles. The van der Waals surface area contributed by atoms with E-state index >= 15 is 0 Å². The number of rotatable bonds is 32. The number of benzene rings is 2. The molecule has 0 aromatic heterocycles. The molecule has 3 aliphatic carbocycles. The lowest BCUT2D eigenvalue weighted by Crippen LogP contribution is -2.70. The molecule has 1 aliphatic heterocycles. The molecule has 4 aliphatic rings. The molecule has 1 heterocycles. The van der Waals surface area contributed by atoms with Crippen molar-refractivity contribution in [1.29, 1.82) is 0 Å². The van der Waals surface area contributed by atoms with Crippen molar-refractivity contribution in [1.82, 2.24) is 10.2 Å². The van der Waals surface area contributed by atoms with Gasteiger partial charge in [0.25, 0.3) is 0 Å². The summed E-state index contributed by atoms with van der Waals surface area (Å²) in [4.78, 5) is 36.6. The standard InChI is InChI=1S/C58H87N3O8/c1-4-7-8-9-10-11-12-13-14-22-35-59-57(65)68-47-32-33-52-50(41-47)55-48(30-21-24-38-63)46(29-20-23-37-62)40-49-51(60-67-43-45-27-16-15-17-28-45)42-53(58(69-52,56(49)55)66-39-6-3)61(36-5-2)54(64)34-31-44-25-18-19-26-44/h6,15-17,27-28,32-33,40-41,44,46,48,53,55-56,62-63H,3-5,7-14,18-26,29-31,34-39,42-43H2,1-2H3,(H,59,65)/t46-,48+,53-,55+,56+,58+/m0/s1. The molecule has 0 spiro atoms. The summed E-state index contributed by atoms with van der Waals surface area (Å²) in [5.74, 6) is -0.0951. The Morgan fingerprint density at radius 2 is 1.58 bits per heavy atom. The fourth-order valence-corrected chi connectivity index (χ4v) is 11.9. The minimum Gasteiger partial charge on any atom is -0.459 e. The maximum absolute atomic E-state index is 14.9. The van der Waals surface area contributed by atoms with E-state index in [1.807, 2.05) is 47.4 Å². The van der Waals surface area contributed by atoms with Crippen molar-refractivity contribution in [2.75, 3.05) is 32.9 Å². The number of hydrogen-bond acceptors (Lipinski definition) is 9. The number of carbonyl (C=O) groups is 2. The number of nitrogens with one attached hydrogen (secondary N) is 1. The summed E-state index contributed by atoms with van der Waals surface area (Å²) in [6.07, 6.45) is 27.8. The van der Waals surface area contributed by atoms with Gasteiger partial charge in [0.05, 0.1) is 18.2 Å². The highest BCUT2D eigenvalue weighted by atomic mass is 16.7. The third-order valence-electron chi connectivity index (χ3n) is 15.3. The van der Waals surface area contributed by atoms with Crippen LogP contribution in [0.25, 0.3) is 0 Å². The van der Waals surface area contributed by atoms with Gasteiger partial charge in [-0.15, -0.1) is 6.58 Å². The predicted molar refractivity (Wildman–Crippen MR) is 275 cm³/mol. The Hall–Kier alpha value is -4.19. The van der Waals surface area contributed by atoms with Crippen molar-refractivity contribution < 1.29 is 38.9 Å². The van der Waals surface area contributed by atoms with Crippen molar-refractivity contribution in [2.45, 2.75) is 192 Å². The van der Waals surface area contributed by atoms with Crippen LogP contribution in [0.5, 0.6) is 11.5 Å². The van der Waals surface area contributed by atoms with Gasteiger partial charge < -0.3 is 39.5 Å². The summed E-state index contributed by atoms with van der Waals surface area (Å²) < 4.78 is 20.7. The van der Waals surface area contributed by atoms with Gasteiger partial charge in [-0.25, -0.2) is 4.79 Å². The van der Waals surface area contributed by atoms with Gasteiger partial charge in [0.2, 0.25) is 11.7 Å². The van der Waals surface area contributed by atoms with Crippen molar-refractivity contribution in [3.8, 4) is 11.5 Å². The first-order valence-electron chi connectivity index (χ1n) is 27.4. The fourth-order valence-electron chi connectivity index (χ4n) is 11.9. The highest BCUT2D eigenvalue weighted by molar-refractivity contribution is 6.03. The van der Waals surface area contributed by atoms with Crippen LogP contribution in [-0.4, -0.2) is 77.6 Å². The van der Waals surface area contributed by atoms with Crippen LogP contribution >= 0.6 is 0 Å². The molecule has 2 aromatic rings. The lowest BCUT2D eigenvalue weighted by atomic mass is 9.55. The fraction of sp³-hybridized carbons (Fsp3) is 0.672. The van der Waals surface area contributed by atoms with E-state index in [1.54, 1.807) is 12.1 Å². The van der Waals surface area contributed by atoms with E-state index < -0.39 is 23.8 Å². The Labute approximate surface area is 414 Å². The number of nitrogens with zero attached hydrogens (tertiary/aromatic N) is 2. The van der Waals surface area contributed by atoms with Crippen molar-refractivity contribution >= 4 is 17.7 Å². The van der Waals surface area contributed by atoms with Crippen LogP contribution in [0, 0.1) is 23.7 Å². The minimum atomic E-state index is -1.32. The molecule has 382 valence electrons. The van der Waals surface area contributed by atoms with E-state index in [-0.39, 0.29) is 43.5 Å². The Morgan fingerprint density at radius 3 is 2.28 bits per heavy atom. The number of fused-ring (bicyclic) bond motifs is 2. The lowest BCUT2D eigenvalue weighted by molar-refractivity contribution is -0.257. The van der Waals surface area contributed by atoms with E-state index in [0.717, 1.165) is 73.8 Å². The average molecular weight is 954 g/mol. The van der Waals surface area contributed by atoms with Gasteiger partial charge in [-0.05, 0) is 92.0 Å². The van der Waals surface area contributed by atoms with Crippen LogP contribution in [0.2, 0.25) is 0 Å². The number of ether oxygens (including phenoxy) is 3. The Balaban J connectivity index is 1.37. The molecular weight excluding hydrogens is 867 g/mol. The van der Waals surface area contributed by atoms with Crippen LogP contribution in [0.3, 0.4) is 0 Å². The van der Waals surface area contributed by atoms with E-state index in [2.05, 4.69) is 31.8 Å². The SMILES string of the molecule is C=CCO[C@@]12Oc3ccc(OC(=O)NCCCCCCCCCCCC)cc3[C@H]3[C@H](CCCCO)[C@@H](CCCCO)C=C(C(=NOCc4ccccc4)C[C@@H]1N(CCC)C(=O)CCC1CCCC1)[C@H]32. The summed E-state index contributed by atoms with van der Waals surface area (Å²) in [5, 5.41) is 28.0. The van der Waals surface area contributed by atoms with Gasteiger partial charge in [-0.3, -0.25) is 4.79 Å². The smallest absolute Gasteiger partial charge is 0.412 e. The summed E-state index contributed by atoms with van der Waals surface area (Å²) in [6, 6.07) is 15.2. The number of allylic oxidation sites excluding steroid dienone is 1. The number of oxime groups is 1. The third kappa shape index (κ3) is 15.2. The molecule has 0 saturated heterocycles. The number of hydrogen-bond donors (Lipinski definition) is 3. The second kappa shape index (κ2) is 29.2. The second-order valence-corrected chi connectivity index (χ2v) is 20.3. The first kappa shape index (κ1) is 54.1. The normalized spacial score (nSPS) is 23.4. The van der Waals surface area contributed by atoms with Crippen LogP contribution in [0.15, 0.2) is 78.0 Å². The third-order valence-corrected chi connectivity index (χ3v) is 15.3. The van der Waals surface area contributed by atoms with Gasteiger partial charge in [-0.1, -0.05) is 158 Å². The van der Waals surface area contributed by atoms with E-state index in [0.29, 0.717) is 62.8 Å². The van der Waals surface area contributed by atoms with Crippen molar-refractivity contribution in [3.63, 3.8) is 0 Å². The van der Waals surface area contributed by atoms with Gasteiger partial charge in [0.15, 0.2) is 0 Å². The minimum absolute atomic E-state index is 0.0571. The maximum Gasteiger partial charge on any atom is 0.412 e. The quantitative estimate of drug-likeness (QED) is 0.0374. The molecule has 0 radical (unpaired) electrons. The summed E-state index contributed by atoms with van der Waals surface area (Å²) in [7, 11) is 0. The molecule has 11 heteroatoms. The first-order valence-corrected chi connectivity index (χ1v) is 27.4. The number of unbranched alkanes of at least 4 members (excludes halogenated alkanes) is 11. The first-order chi connectivity index (χ1) is 33.9. The molecule has 11 nitrogen and oxygen atoms in total. The molecule has 2 fully saturated rings. The molecule has 0 unspecified atom stereocenters. The number of aliphatic hydroxyl groups excluding tert-OH is 2. The average Bonchev–Trinajstić information content (AvgIpc) is 3.89. The molecule has 2 amide bonds. The van der Waals surface area contributed by atoms with Gasteiger partial charge in [0, 0.05) is 50.6 Å². The molecule has 6 rings (SSSR count). The molecule has 69 heavy (non-hydrogen) atoms. The van der Waals surface area contributed by atoms with E-state index in [1.165, 1.54) is 77.0 Å². The van der Waals surface area contributed by atoms with Crippen molar-refractivity contribution in [3.05, 3.63) is 84.0 Å². The molecule has 0 bridgehead atoms. The van der Waals surface area contributed by atoms with E-state index in [4.69, 9.17) is 24.2 Å². The van der Waals surface area contributed by atoms with Gasteiger partial charge in [0.1, 0.15) is 24.1 Å². The maximum atomic E-state index is 14.9. The number of amides is 2. The zero-order chi connectivity index (χ0) is 48.7. The molecule has 2 aromatic carbocycles. The van der Waals surface area contributed by atoms with Gasteiger partial charge in [-0.2, -0.15) is 0 Å². The van der Waals surface area contributed by atoms with Crippen LogP contribution in [0.1, 0.15) is 185 Å². The Bertz CT molecular complexity index is 1910. The molecular formula is C58H87N3O8. The van der Waals surface area contributed by atoms with Crippen LogP contribution in [-0.2, 0) is 21.0 Å². The molecule has 3 N–H and O–H groups in total. The monoisotopic (exact) mass is 954 g/mol. The van der Waals surface area contributed by atoms with E-state index in [9.17, 15) is 19.8 Å². The predicted octanol–water partition coefficient (Wildman–Crippen LogP) is 12.7. The number of carbonyl (C=O) groups excluding carboxylic acids is 2. The summed E-state index contributed by atoms with van der Waals surface area (Å²) in [6.45, 7) is 10.2.